The molecule has 0 rings (SSSR count). The molecule has 2 atom stereocenters. The van der Waals surface area contributed by atoms with Gasteiger partial charge in [0.1, 0.15) is 0 Å². The zero-order chi connectivity index (χ0) is 59.2. The second-order valence-electron chi connectivity index (χ2n) is 26.0. The number of hydrogen-bond acceptors (Lipinski definition) is 5. The van der Waals surface area contributed by atoms with Gasteiger partial charge in [-0.1, -0.05) is 378 Å². The fourth-order valence-electron chi connectivity index (χ4n) is 12.0. The van der Waals surface area contributed by atoms with Crippen molar-refractivity contribution in [1.82, 2.24) is 5.32 Å². The van der Waals surface area contributed by atoms with Crippen molar-refractivity contribution in [2.45, 2.75) is 437 Å². The van der Waals surface area contributed by atoms with Crippen molar-refractivity contribution in [2.24, 2.45) is 0 Å². The van der Waals surface area contributed by atoms with Crippen molar-refractivity contribution in [1.29, 1.82) is 0 Å². The molecule has 486 valence electrons. The summed E-state index contributed by atoms with van der Waals surface area (Å²) in [5.41, 5.74) is 0. The number of aliphatic hydroxyl groups is 2. The number of nitrogens with one attached hydrogen (secondary N) is 1. The maximum absolute atomic E-state index is 12.5. The summed E-state index contributed by atoms with van der Waals surface area (Å²) in [6.07, 6.45) is 91.1. The van der Waals surface area contributed by atoms with E-state index in [0.29, 0.717) is 25.9 Å². The van der Waals surface area contributed by atoms with E-state index in [9.17, 15) is 19.8 Å². The zero-order valence-corrected chi connectivity index (χ0v) is 55.8. The van der Waals surface area contributed by atoms with Crippen LogP contribution < -0.4 is 5.32 Å². The topological polar surface area (TPSA) is 95.9 Å². The van der Waals surface area contributed by atoms with Gasteiger partial charge in [0.15, 0.2) is 0 Å². The predicted octanol–water partition coefficient (Wildman–Crippen LogP) is 24.5. The van der Waals surface area contributed by atoms with Crippen molar-refractivity contribution in [3.05, 3.63) is 24.3 Å². The molecule has 0 aromatic rings. The second kappa shape index (κ2) is 71.8. The summed E-state index contributed by atoms with van der Waals surface area (Å²) >= 11 is 0. The van der Waals surface area contributed by atoms with E-state index in [-0.39, 0.29) is 18.5 Å². The Hall–Kier alpha value is -1.66. The molecule has 0 aromatic heterocycles. The lowest BCUT2D eigenvalue weighted by Crippen LogP contribution is -2.45. The summed E-state index contributed by atoms with van der Waals surface area (Å²) in [5.74, 6) is -0.0109. The van der Waals surface area contributed by atoms with E-state index in [4.69, 9.17) is 4.74 Å². The molecule has 0 heterocycles. The van der Waals surface area contributed by atoms with Gasteiger partial charge in [0.2, 0.25) is 5.91 Å². The smallest absolute Gasteiger partial charge is 0.305 e. The van der Waals surface area contributed by atoms with E-state index < -0.39 is 12.1 Å². The zero-order valence-electron chi connectivity index (χ0n) is 55.8. The Bertz CT molecular complexity index is 1280. The number of amides is 1. The Kier molecular flexibility index (Phi) is 70.4. The van der Waals surface area contributed by atoms with Gasteiger partial charge in [-0.25, -0.2) is 0 Å². The molecule has 0 fully saturated rings. The van der Waals surface area contributed by atoms with E-state index in [1.54, 1.807) is 0 Å². The third-order valence-corrected chi connectivity index (χ3v) is 17.8. The molecule has 1 amide bonds. The van der Waals surface area contributed by atoms with Crippen LogP contribution in [0.3, 0.4) is 0 Å². The van der Waals surface area contributed by atoms with Crippen LogP contribution in [0.2, 0.25) is 0 Å². The summed E-state index contributed by atoms with van der Waals surface area (Å²) in [7, 11) is 0. The molecule has 3 N–H and O–H groups in total. The third-order valence-electron chi connectivity index (χ3n) is 17.8. The lowest BCUT2D eigenvalue weighted by Gasteiger charge is -2.22. The van der Waals surface area contributed by atoms with Crippen LogP contribution in [0.15, 0.2) is 24.3 Å². The van der Waals surface area contributed by atoms with E-state index >= 15 is 0 Å². The Morgan fingerprint density at radius 1 is 0.341 bits per heavy atom. The summed E-state index contributed by atoms with van der Waals surface area (Å²) in [6, 6.07) is -0.539. The molecule has 0 aliphatic heterocycles. The minimum absolute atomic E-state index is 0.0194. The Morgan fingerprint density at radius 2 is 0.610 bits per heavy atom. The number of unbranched alkanes of at least 4 members (excludes halogenated alkanes) is 56. The summed E-state index contributed by atoms with van der Waals surface area (Å²) < 4.78 is 5.51. The number of esters is 1. The highest BCUT2D eigenvalue weighted by atomic mass is 16.5. The lowest BCUT2D eigenvalue weighted by molar-refractivity contribution is -0.143. The van der Waals surface area contributed by atoms with Gasteiger partial charge in [-0.3, -0.25) is 9.59 Å². The second-order valence-corrected chi connectivity index (χ2v) is 26.0. The molecule has 0 aliphatic rings. The minimum Gasteiger partial charge on any atom is -0.466 e. The monoisotopic (exact) mass is 1150 g/mol. The van der Waals surface area contributed by atoms with Gasteiger partial charge in [0, 0.05) is 12.8 Å². The van der Waals surface area contributed by atoms with Gasteiger partial charge < -0.3 is 20.3 Å². The molecule has 0 aromatic carbocycles. The number of allylic oxidation sites excluding steroid dienone is 4. The fourth-order valence-corrected chi connectivity index (χ4v) is 12.0. The van der Waals surface area contributed by atoms with Crippen molar-refractivity contribution in [3.8, 4) is 0 Å². The van der Waals surface area contributed by atoms with Crippen LogP contribution in [0.4, 0.5) is 0 Å². The maximum Gasteiger partial charge on any atom is 0.305 e. The van der Waals surface area contributed by atoms with E-state index in [2.05, 4.69) is 43.5 Å². The van der Waals surface area contributed by atoms with Crippen LogP contribution in [0.1, 0.15) is 425 Å². The molecule has 0 radical (unpaired) electrons. The number of aliphatic hydroxyl groups excluding tert-OH is 2. The molecule has 6 heteroatoms. The van der Waals surface area contributed by atoms with Gasteiger partial charge in [0.25, 0.3) is 0 Å². The van der Waals surface area contributed by atoms with Crippen LogP contribution in [-0.2, 0) is 14.3 Å². The SMILES string of the molecule is CCCCCCCCCCCCCCCCCCCCC(=O)OCCCCCCCCCCC/C=C\C/C=C\CCCCCCCCCCCCCCCCCCCC(=O)NC(CO)C(O)CCCCCCCCCCCCCCCC. The Balaban J connectivity index is 3.35. The van der Waals surface area contributed by atoms with Crippen LogP contribution >= 0.6 is 0 Å². The first kappa shape index (κ1) is 80.3. The van der Waals surface area contributed by atoms with Crippen LogP contribution in [0.5, 0.6) is 0 Å². The van der Waals surface area contributed by atoms with Crippen LogP contribution in [-0.4, -0.2) is 47.4 Å². The predicted molar refractivity (Wildman–Crippen MR) is 361 cm³/mol. The summed E-state index contributed by atoms with van der Waals surface area (Å²) in [5, 5.41) is 23.3. The maximum atomic E-state index is 12.5. The molecule has 2 unspecified atom stereocenters. The first-order valence-electron chi connectivity index (χ1n) is 37.6. The number of carbonyl (C=O) groups is 2. The lowest BCUT2D eigenvalue weighted by atomic mass is 10.0. The number of carbonyl (C=O) groups excluding carboxylic acids is 2. The number of rotatable bonds is 71. The van der Waals surface area contributed by atoms with Crippen LogP contribution in [0, 0.1) is 0 Å². The first-order valence-corrected chi connectivity index (χ1v) is 37.6. The molecule has 0 saturated carbocycles. The average Bonchev–Trinajstić information content (AvgIpc) is 3.48. The quantitative estimate of drug-likeness (QED) is 0.0320. The summed E-state index contributed by atoms with van der Waals surface area (Å²) in [4.78, 5) is 24.6. The van der Waals surface area contributed by atoms with Crippen LogP contribution in [0.25, 0.3) is 0 Å². The molecule has 0 aliphatic carbocycles. The van der Waals surface area contributed by atoms with Gasteiger partial charge in [-0.15, -0.1) is 0 Å². The van der Waals surface area contributed by atoms with Crippen molar-refractivity contribution < 1.29 is 24.5 Å². The molecule has 0 saturated heterocycles. The van der Waals surface area contributed by atoms with E-state index in [1.165, 1.54) is 347 Å². The van der Waals surface area contributed by atoms with Crippen molar-refractivity contribution >= 4 is 11.9 Å². The molecule has 82 heavy (non-hydrogen) atoms. The van der Waals surface area contributed by atoms with Gasteiger partial charge in [0.05, 0.1) is 25.4 Å². The fraction of sp³-hybridized carbons (Fsp3) is 0.921. The Morgan fingerprint density at radius 3 is 0.927 bits per heavy atom. The summed E-state index contributed by atoms with van der Waals surface area (Å²) in [6.45, 7) is 4.99. The molecular weight excluding hydrogens is 1010 g/mol. The van der Waals surface area contributed by atoms with Gasteiger partial charge >= 0.3 is 5.97 Å². The molecule has 6 nitrogen and oxygen atoms in total. The normalized spacial score (nSPS) is 12.6. The van der Waals surface area contributed by atoms with E-state index in [1.807, 2.05) is 0 Å². The number of hydrogen-bond donors (Lipinski definition) is 3. The van der Waals surface area contributed by atoms with Crippen molar-refractivity contribution in [3.63, 3.8) is 0 Å². The van der Waals surface area contributed by atoms with Gasteiger partial charge in [-0.2, -0.15) is 0 Å². The number of ether oxygens (including phenoxy) is 1. The highest BCUT2D eigenvalue weighted by molar-refractivity contribution is 5.76. The highest BCUT2D eigenvalue weighted by Crippen LogP contribution is 2.19. The first-order chi connectivity index (χ1) is 40.5. The largest absolute Gasteiger partial charge is 0.466 e. The molecular formula is C76H147NO5. The van der Waals surface area contributed by atoms with Crippen molar-refractivity contribution in [2.75, 3.05) is 13.2 Å². The molecule has 0 spiro atoms. The molecule has 0 bridgehead atoms. The Labute approximate surface area is 513 Å². The van der Waals surface area contributed by atoms with Gasteiger partial charge in [-0.05, 0) is 57.8 Å². The standard InChI is InChI=1S/C76H147NO5/c1-3-5-7-9-11-13-15-17-19-20-39-42-46-50-54-58-62-66-70-76(81)82-71-67-63-59-55-51-47-43-40-37-35-33-31-29-27-25-23-21-22-24-26-28-30-32-34-36-38-41-45-49-53-57-61-65-69-75(80)77-73(72-78)74(79)68-64-60-56-52-48-44-18-16-14-12-10-8-6-4-2/h25,27,31,33,73-74,78-79H,3-24,26,28-30,32,34-72H2,1-2H3,(H,77,80)/b27-25-,33-31-. The minimum atomic E-state index is -0.662. The van der Waals surface area contributed by atoms with E-state index in [0.717, 1.165) is 44.9 Å². The third kappa shape index (κ3) is 67.5. The highest BCUT2D eigenvalue weighted by Gasteiger charge is 2.20. The average molecular weight is 1160 g/mol.